The lowest BCUT2D eigenvalue weighted by Crippen LogP contribution is -2.08. The Hall–Kier alpha value is -0.760. The van der Waals surface area contributed by atoms with Gasteiger partial charge in [-0.2, -0.15) is 13.2 Å². The molecule has 1 heterocycles. The summed E-state index contributed by atoms with van der Waals surface area (Å²) in [4.78, 5) is 0. The van der Waals surface area contributed by atoms with Gasteiger partial charge < -0.3 is 9.67 Å². The van der Waals surface area contributed by atoms with Gasteiger partial charge in [-0.05, 0) is 11.8 Å². The Morgan fingerprint density at radius 2 is 2.21 bits per heavy atom. The summed E-state index contributed by atoms with van der Waals surface area (Å²) >= 11 is -0.107. The highest BCUT2D eigenvalue weighted by Gasteiger charge is 2.27. The smallest absolute Gasteiger partial charge is 0.388 e. The summed E-state index contributed by atoms with van der Waals surface area (Å²) in [6, 6.07) is 0. The zero-order valence-corrected chi connectivity index (χ0v) is 7.85. The van der Waals surface area contributed by atoms with Crippen molar-refractivity contribution in [2.24, 2.45) is 0 Å². The minimum Gasteiger partial charge on any atom is -0.388 e. The zero-order valence-electron chi connectivity index (χ0n) is 7.03. The highest BCUT2D eigenvalue weighted by Crippen LogP contribution is 2.29. The number of aliphatic hydroxyl groups excluding tert-OH is 1. The molecule has 0 unspecified atom stereocenters. The molecule has 0 aliphatic carbocycles. The van der Waals surface area contributed by atoms with E-state index >= 15 is 0 Å². The van der Waals surface area contributed by atoms with Gasteiger partial charge in [0.1, 0.15) is 12.9 Å². The van der Waals surface area contributed by atoms with Crippen molar-refractivity contribution in [3.63, 3.8) is 0 Å². The molecule has 0 atom stereocenters. The normalized spacial score (nSPS) is 12.0. The number of halogens is 3. The van der Waals surface area contributed by atoms with E-state index in [0.29, 0.717) is 0 Å². The highest BCUT2D eigenvalue weighted by atomic mass is 32.2. The molecule has 0 aromatic carbocycles. The van der Waals surface area contributed by atoms with E-state index in [1.807, 2.05) is 0 Å². The van der Waals surface area contributed by atoms with E-state index in [1.54, 1.807) is 0 Å². The van der Waals surface area contributed by atoms with Crippen molar-refractivity contribution in [2.45, 2.75) is 18.7 Å². The number of aryl methyl sites for hydroxylation is 1. The molecular weight excluding hydrogens is 219 g/mol. The van der Waals surface area contributed by atoms with E-state index in [9.17, 15) is 13.2 Å². The molecule has 0 fully saturated rings. The quantitative estimate of drug-likeness (QED) is 0.834. The van der Waals surface area contributed by atoms with Crippen LogP contribution in [0.15, 0.2) is 6.33 Å². The summed E-state index contributed by atoms with van der Waals surface area (Å²) in [5.41, 5.74) is -4.21. The van der Waals surface area contributed by atoms with Crippen LogP contribution in [0.5, 0.6) is 0 Å². The van der Waals surface area contributed by atoms with E-state index < -0.39 is 5.51 Å². The van der Waals surface area contributed by atoms with E-state index in [1.165, 1.54) is 10.9 Å². The van der Waals surface area contributed by atoms with Gasteiger partial charge in [0.05, 0.1) is 0 Å². The van der Waals surface area contributed by atoms with Gasteiger partial charge in [0.25, 0.3) is 0 Å². The molecule has 0 spiro atoms. The van der Waals surface area contributed by atoms with Crippen molar-refractivity contribution in [1.29, 1.82) is 0 Å². The van der Waals surface area contributed by atoms with Gasteiger partial charge in [-0.15, -0.1) is 10.2 Å². The molecule has 1 aromatic heterocycles. The topological polar surface area (TPSA) is 50.9 Å². The Morgan fingerprint density at radius 1 is 1.50 bits per heavy atom. The van der Waals surface area contributed by atoms with Crippen LogP contribution in [0.1, 0.15) is 5.82 Å². The molecule has 14 heavy (non-hydrogen) atoms. The fourth-order valence-corrected chi connectivity index (χ4v) is 1.37. The van der Waals surface area contributed by atoms with Crippen molar-refractivity contribution < 1.29 is 18.3 Å². The van der Waals surface area contributed by atoms with Gasteiger partial charge >= 0.3 is 5.51 Å². The molecule has 0 aliphatic rings. The Morgan fingerprint density at radius 3 is 2.79 bits per heavy atom. The maximum absolute atomic E-state index is 11.7. The van der Waals surface area contributed by atoms with Crippen molar-refractivity contribution in [3.8, 4) is 0 Å². The molecule has 8 heteroatoms. The molecule has 0 radical (unpaired) electrons. The summed E-state index contributed by atoms with van der Waals surface area (Å²) < 4.78 is 36.6. The number of thioether (sulfide) groups is 1. The fraction of sp³-hybridized carbons (Fsp3) is 0.667. The third-order valence-corrected chi connectivity index (χ3v) is 2.15. The zero-order chi connectivity index (χ0) is 10.6. The van der Waals surface area contributed by atoms with Crippen LogP contribution in [0.2, 0.25) is 0 Å². The van der Waals surface area contributed by atoms with E-state index in [2.05, 4.69) is 10.2 Å². The predicted molar refractivity (Wildman–Crippen MR) is 44.5 cm³/mol. The Bertz CT molecular complexity index is 288. The van der Waals surface area contributed by atoms with Crippen LogP contribution in [0.25, 0.3) is 0 Å². The average Bonchev–Trinajstić information content (AvgIpc) is 2.49. The molecule has 0 bridgehead atoms. The Balaban J connectivity index is 2.38. The number of alkyl halides is 3. The molecule has 1 rings (SSSR count). The van der Waals surface area contributed by atoms with Gasteiger partial charge in [0.15, 0.2) is 5.82 Å². The maximum Gasteiger partial charge on any atom is 0.441 e. The number of aliphatic hydroxyl groups is 1. The minimum absolute atomic E-state index is 0.107. The first-order valence-corrected chi connectivity index (χ1v) is 4.69. The number of nitrogens with zero attached hydrogens (tertiary/aromatic N) is 3. The number of rotatable bonds is 4. The lowest BCUT2D eigenvalue weighted by atomic mass is 10.6. The minimum atomic E-state index is -4.21. The van der Waals surface area contributed by atoms with Crippen molar-refractivity contribution in [2.75, 3.05) is 5.75 Å². The first-order chi connectivity index (χ1) is 6.53. The second kappa shape index (κ2) is 4.65. The van der Waals surface area contributed by atoms with Crippen molar-refractivity contribution >= 4 is 11.8 Å². The Labute approximate surface area is 82.1 Å². The fourth-order valence-electron chi connectivity index (χ4n) is 0.848. The lowest BCUT2D eigenvalue weighted by molar-refractivity contribution is -0.0328. The first kappa shape index (κ1) is 11.3. The molecule has 4 nitrogen and oxygen atoms in total. The number of hydrogen-bond donors (Lipinski definition) is 1. The predicted octanol–water partition coefficient (Wildman–Crippen LogP) is 1.02. The van der Waals surface area contributed by atoms with E-state index in [0.717, 1.165) is 0 Å². The van der Waals surface area contributed by atoms with Crippen LogP contribution >= 0.6 is 11.8 Å². The molecule has 80 valence electrons. The molecule has 0 saturated carbocycles. The first-order valence-electron chi connectivity index (χ1n) is 3.71. The molecule has 0 saturated heterocycles. The summed E-state index contributed by atoms with van der Waals surface area (Å²) in [6.07, 6.45) is 1.29. The highest BCUT2D eigenvalue weighted by molar-refractivity contribution is 8.00. The molecular formula is C6H8F3N3OS. The van der Waals surface area contributed by atoms with Crippen LogP contribution < -0.4 is 0 Å². The van der Waals surface area contributed by atoms with Crippen molar-refractivity contribution in [1.82, 2.24) is 14.8 Å². The van der Waals surface area contributed by atoms with Crippen LogP contribution in [0.3, 0.4) is 0 Å². The lowest BCUT2D eigenvalue weighted by Gasteiger charge is -2.06. The second-order valence-corrected chi connectivity index (χ2v) is 3.55. The average molecular weight is 227 g/mol. The Kier molecular flexibility index (Phi) is 3.76. The number of hydrogen-bond acceptors (Lipinski definition) is 4. The largest absolute Gasteiger partial charge is 0.441 e. The van der Waals surface area contributed by atoms with Gasteiger partial charge in [0, 0.05) is 12.3 Å². The summed E-state index contributed by atoms with van der Waals surface area (Å²) in [5, 5.41) is 15.7. The SMILES string of the molecule is OCc1nncn1CCSC(F)(F)F. The van der Waals surface area contributed by atoms with Crippen LogP contribution in [0.4, 0.5) is 13.2 Å². The van der Waals surface area contributed by atoms with Gasteiger partial charge in [-0.25, -0.2) is 0 Å². The van der Waals surface area contributed by atoms with Crippen LogP contribution in [-0.4, -0.2) is 31.1 Å². The summed E-state index contributed by atoms with van der Waals surface area (Å²) in [5.74, 6) is 0.155. The molecule has 1 aromatic rings. The van der Waals surface area contributed by atoms with E-state index in [4.69, 9.17) is 5.11 Å². The van der Waals surface area contributed by atoms with Crippen LogP contribution in [-0.2, 0) is 13.2 Å². The standard InChI is InChI=1S/C6H8F3N3OS/c7-6(8,9)14-2-1-12-4-10-11-5(12)3-13/h4,13H,1-3H2. The molecule has 0 amide bonds. The number of aromatic nitrogens is 3. The van der Waals surface area contributed by atoms with Crippen molar-refractivity contribution in [3.05, 3.63) is 12.2 Å². The van der Waals surface area contributed by atoms with Crippen LogP contribution in [0, 0.1) is 0 Å². The third kappa shape index (κ3) is 3.54. The van der Waals surface area contributed by atoms with E-state index in [-0.39, 0.29) is 36.5 Å². The van der Waals surface area contributed by atoms with Gasteiger partial charge in [0.2, 0.25) is 0 Å². The second-order valence-electron chi connectivity index (χ2n) is 2.39. The molecule has 1 N–H and O–H groups in total. The summed E-state index contributed by atoms with van der Waals surface area (Å²) in [6.45, 7) is -0.191. The van der Waals surface area contributed by atoms with Gasteiger partial charge in [-0.3, -0.25) is 0 Å². The monoisotopic (exact) mass is 227 g/mol. The third-order valence-electron chi connectivity index (χ3n) is 1.44. The van der Waals surface area contributed by atoms with Gasteiger partial charge in [-0.1, -0.05) is 0 Å². The maximum atomic E-state index is 11.7. The molecule has 0 aliphatic heterocycles. The summed E-state index contributed by atoms with van der Waals surface area (Å²) in [7, 11) is 0.